The van der Waals surface area contributed by atoms with E-state index >= 15 is 0 Å². The van der Waals surface area contributed by atoms with E-state index in [1.165, 1.54) is 18.6 Å². The molecule has 1 N–H and O–H groups in total. The zero-order valence-electron chi connectivity index (χ0n) is 12.6. The molecule has 0 aliphatic rings. The van der Waals surface area contributed by atoms with Crippen molar-refractivity contribution in [2.75, 3.05) is 5.32 Å². The van der Waals surface area contributed by atoms with Crippen LogP contribution in [0.4, 0.5) is 5.69 Å². The smallest absolute Gasteiger partial charge is 0.275 e. The van der Waals surface area contributed by atoms with Crippen LogP contribution in [0.15, 0.2) is 47.3 Å². The fraction of sp³-hybridized carbons (Fsp3) is 0.125. The number of amides is 1. The summed E-state index contributed by atoms with van der Waals surface area (Å²) in [6.45, 7) is 3.94. The second-order valence-electron chi connectivity index (χ2n) is 4.99. The Labute approximate surface area is 141 Å². The van der Waals surface area contributed by atoms with Crippen LogP contribution < -0.4 is 5.32 Å². The van der Waals surface area contributed by atoms with Crippen molar-refractivity contribution in [2.45, 2.75) is 13.8 Å². The van der Waals surface area contributed by atoms with Crippen LogP contribution in [-0.4, -0.2) is 25.7 Å². The van der Waals surface area contributed by atoms with Gasteiger partial charge in [-0.3, -0.25) is 9.78 Å². The Bertz CT molecular complexity index is 843. The topological polar surface area (TPSA) is 72.7 Å². The first kappa shape index (κ1) is 15.4. The van der Waals surface area contributed by atoms with Gasteiger partial charge in [0.15, 0.2) is 0 Å². The summed E-state index contributed by atoms with van der Waals surface area (Å²) in [4.78, 5) is 19.9. The first-order valence-corrected chi connectivity index (χ1v) is 7.75. The molecule has 1 aromatic carbocycles. The molecule has 1 amide bonds. The predicted octanol–water partition coefficient (Wildman–Crippen LogP) is 3.29. The number of benzene rings is 1. The van der Waals surface area contributed by atoms with E-state index in [0.717, 1.165) is 21.5 Å². The Balaban J connectivity index is 1.80. The summed E-state index contributed by atoms with van der Waals surface area (Å²) in [5, 5.41) is 7.27. The lowest BCUT2D eigenvalue weighted by molar-refractivity contribution is 0.102. The normalized spacial score (nSPS) is 10.6. The highest BCUT2D eigenvalue weighted by Crippen LogP contribution is 2.23. The zero-order chi connectivity index (χ0) is 16.4. The van der Waals surface area contributed by atoms with Gasteiger partial charge >= 0.3 is 0 Å². The van der Waals surface area contributed by atoms with Crippen LogP contribution in [0.1, 0.15) is 21.9 Å². The lowest BCUT2D eigenvalue weighted by Gasteiger charge is -2.07. The van der Waals surface area contributed by atoms with Gasteiger partial charge in [0, 0.05) is 18.1 Å². The molecular formula is C16H14BrN5O. The lowest BCUT2D eigenvalue weighted by Crippen LogP contribution is -2.13. The summed E-state index contributed by atoms with van der Waals surface area (Å²) in [5.74, 6) is -0.292. The monoisotopic (exact) mass is 371 g/mol. The summed E-state index contributed by atoms with van der Waals surface area (Å²) < 4.78 is 2.85. The minimum atomic E-state index is -0.292. The molecule has 0 aliphatic heterocycles. The van der Waals surface area contributed by atoms with Crippen molar-refractivity contribution in [3.63, 3.8) is 0 Å². The third kappa shape index (κ3) is 3.14. The highest BCUT2D eigenvalue weighted by molar-refractivity contribution is 9.10. The fourth-order valence-corrected chi connectivity index (χ4v) is 2.42. The average molecular weight is 372 g/mol. The fourth-order valence-electron chi connectivity index (χ4n) is 2.17. The van der Waals surface area contributed by atoms with Crippen LogP contribution in [0.3, 0.4) is 0 Å². The summed E-state index contributed by atoms with van der Waals surface area (Å²) in [6, 6.07) is 7.46. The largest absolute Gasteiger partial charge is 0.321 e. The quantitative estimate of drug-likeness (QED) is 0.766. The minimum Gasteiger partial charge on any atom is -0.321 e. The van der Waals surface area contributed by atoms with Crippen LogP contribution in [0.25, 0.3) is 5.69 Å². The molecule has 0 atom stereocenters. The zero-order valence-corrected chi connectivity index (χ0v) is 14.2. The Hall–Kier alpha value is -2.54. The molecule has 7 heteroatoms. The maximum atomic E-state index is 12.0. The molecule has 0 fully saturated rings. The summed E-state index contributed by atoms with van der Waals surface area (Å²) in [5.41, 5.74) is 3.85. The second kappa shape index (κ2) is 6.29. The summed E-state index contributed by atoms with van der Waals surface area (Å²) >= 11 is 3.52. The SMILES string of the molecule is Cc1nn(-c2ccc(NC(=O)c3cnccn3)cc2)c(C)c1Br. The molecule has 116 valence electrons. The van der Waals surface area contributed by atoms with Crippen LogP contribution in [0.5, 0.6) is 0 Å². The number of hydrogen-bond acceptors (Lipinski definition) is 4. The van der Waals surface area contributed by atoms with Crippen LogP contribution >= 0.6 is 15.9 Å². The van der Waals surface area contributed by atoms with Gasteiger partial charge in [0.25, 0.3) is 5.91 Å². The maximum absolute atomic E-state index is 12.0. The molecule has 2 aromatic heterocycles. The van der Waals surface area contributed by atoms with Gasteiger partial charge in [0.2, 0.25) is 0 Å². The van der Waals surface area contributed by atoms with Gasteiger partial charge in [-0.1, -0.05) is 0 Å². The van der Waals surface area contributed by atoms with Crippen LogP contribution in [0.2, 0.25) is 0 Å². The van der Waals surface area contributed by atoms with Gasteiger partial charge < -0.3 is 5.32 Å². The molecule has 0 bridgehead atoms. The minimum absolute atomic E-state index is 0.277. The number of aryl methyl sites for hydroxylation is 1. The van der Waals surface area contributed by atoms with Gasteiger partial charge in [0.05, 0.1) is 27.7 Å². The first-order chi connectivity index (χ1) is 11.1. The summed E-state index contributed by atoms with van der Waals surface area (Å²) in [7, 11) is 0. The number of halogens is 1. The number of nitrogens with one attached hydrogen (secondary N) is 1. The van der Waals surface area contributed by atoms with Crippen molar-refractivity contribution in [2.24, 2.45) is 0 Å². The molecule has 0 radical (unpaired) electrons. The molecule has 2 heterocycles. The highest BCUT2D eigenvalue weighted by Gasteiger charge is 2.11. The molecule has 0 aliphatic carbocycles. The Morgan fingerprint density at radius 3 is 2.48 bits per heavy atom. The molecule has 6 nitrogen and oxygen atoms in total. The standard InChI is InChI=1S/C16H14BrN5O/c1-10-15(17)11(2)22(21-10)13-5-3-12(4-6-13)20-16(23)14-9-18-7-8-19-14/h3-9H,1-2H3,(H,20,23). The number of anilines is 1. The number of carbonyl (C=O) groups is 1. The Kier molecular flexibility index (Phi) is 4.20. The van der Waals surface area contributed by atoms with Crippen molar-refractivity contribution in [1.29, 1.82) is 0 Å². The highest BCUT2D eigenvalue weighted by atomic mass is 79.9. The molecule has 0 unspecified atom stereocenters. The van der Waals surface area contributed by atoms with Crippen molar-refractivity contribution >= 4 is 27.5 Å². The maximum Gasteiger partial charge on any atom is 0.275 e. The van der Waals surface area contributed by atoms with E-state index in [1.54, 1.807) is 0 Å². The third-order valence-corrected chi connectivity index (χ3v) is 4.52. The van der Waals surface area contributed by atoms with E-state index in [0.29, 0.717) is 5.69 Å². The van der Waals surface area contributed by atoms with E-state index in [9.17, 15) is 4.79 Å². The predicted molar refractivity (Wildman–Crippen MR) is 90.7 cm³/mol. The van der Waals surface area contributed by atoms with Gasteiger partial charge in [0.1, 0.15) is 5.69 Å². The average Bonchev–Trinajstić information content (AvgIpc) is 2.84. The van der Waals surface area contributed by atoms with E-state index in [-0.39, 0.29) is 11.6 Å². The summed E-state index contributed by atoms with van der Waals surface area (Å²) in [6.07, 6.45) is 4.44. The molecule has 3 rings (SSSR count). The van der Waals surface area contributed by atoms with Crippen molar-refractivity contribution in [1.82, 2.24) is 19.7 Å². The van der Waals surface area contributed by atoms with Crippen molar-refractivity contribution < 1.29 is 4.79 Å². The van der Waals surface area contributed by atoms with E-state index < -0.39 is 0 Å². The lowest BCUT2D eigenvalue weighted by atomic mass is 10.2. The molecule has 23 heavy (non-hydrogen) atoms. The Morgan fingerprint density at radius 1 is 1.17 bits per heavy atom. The third-order valence-electron chi connectivity index (χ3n) is 3.37. The molecule has 3 aromatic rings. The molecule has 0 spiro atoms. The number of hydrogen-bond donors (Lipinski definition) is 1. The number of rotatable bonds is 3. The number of nitrogens with zero attached hydrogens (tertiary/aromatic N) is 4. The van der Waals surface area contributed by atoms with Gasteiger partial charge in [-0.15, -0.1) is 0 Å². The van der Waals surface area contributed by atoms with E-state index in [1.807, 2.05) is 42.8 Å². The van der Waals surface area contributed by atoms with Gasteiger partial charge in [-0.05, 0) is 54.0 Å². The van der Waals surface area contributed by atoms with Crippen molar-refractivity contribution in [3.05, 3.63) is 64.4 Å². The van der Waals surface area contributed by atoms with Crippen LogP contribution in [-0.2, 0) is 0 Å². The number of carbonyl (C=O) groups excluding carboxylic acids is 1. The second-order valence-corrected chi connectivity index (χ2v) is 5.78. The molecule has 0 saturated heterocycles. The van der Waals surface area contributed by atoms with Crippen LogP contribution in [0, 0.1) is 13.8 Å². The number of aromatic nitrogens is 4. The molecule has 0 saturated carbocycles. The molecular weight excluding hydrogens is 358 g/mol. The Morgan fingerprint density at radius 2 is 1.91 bits per heavy atom. The first-order valence-electron chi connectivity index (χ1n) is 6.96. The van der Waals surface area contributed by atoms with E-state index in [4.69, 9.17) is 0 Å². The van der Waals surface area contributed by atoms with E-state index in [2.05, 4.69) is 36.3 Å². The van der Waals surface area contributed by atoms with Gasteiger partial charge in [-0.25, -0.2) is 9.67 Å². The van der Waals surface area contributed by atoms with Gasteiger partial charge in [-0.2, -0.15) is 5.10 Å². The van der Waals surface area contributed by atoms with Crippen molar-refractivity contribution in [3.8, 4) is 5.69 Å².